The number of anilines is 10. The maximum Gasteiger partial charge on any atom is 0.233 e. The quantitative estimate of drug-likeness (QED) is 0.0664. The summed E-state index contributed by atoms with van der Waals surface area (Å²) in [5, 5.41) is 10.4. The van der Waals surface area contributed by atoms with Gasteiger partial charge in [0.25, 0.3) is 0 Å². The summed E-state index contributed by atoms with van der Waals surface area (Å²) in [5.41, 5.74) is -2.07. The smallest absolute Gasteiger partial charge is 0.233 e. The largest absolute Gasteiger partial charge is 0.744 e. The number of aromatic nitrogens is 6. The van der Waals surface area contributed by atoms with E-state index >= 15 is 0 Å². The zero-order valence-electron chi connectivity index (χ0n) is 38.9. The summed E-state index contributed by atoms with van der Waals surface area (Å²) in [7, 11) is -32.1. The first-order valence-corrected chi connectivity index (χ1v) is 30.1. The van der Waals surface area contributed by atoms with Gasteiger partial charge in [-0.2, -0.15) is 29.9 Å². The Morgan fingerprint density at radius 1 is 0.385 bits per heavy atom. The summed E-state index contributed by atoms with van der Waals surface area (Å²) in [6.07, 6.45) is 2.01. The van der Waals surface area contributed by atoms with Gasteiger partial charge >= 0.3 is 0 Å². The van der Waals surface area contributed by atoms with Gasteiger partial charge in [0, 0.05) is 37.6 Å². The van der Waals surface area contributed by atoms with Crippen molar-refractivity contribution in [1.82, 2.24) is 29.9 Å². The van der Waals surface area contributed by atoms with E-state index < -0.39 is 113 Å². The van der Waals surface area contributed by atoms with E-state index in [4.69, 9.17) is 9.47 Å². The van der Waals surface area contributed by atoms with Gasteiger partial charge in [0.05, 0.1) is 67.2 Å². The Morgan fingerprint density at radius 2 is 0.705 bits per heavy atom. The van der Waals surface area contributed by atoms with E-state index in [9.17, 15) is 77.8 Å². The molecule has 4 aromatic carbocycles. The number of benzene rings is 4. The SMILES string of the molecule is O=S(=O)([O-])c1ccc(Nc2nc(Nc3ccc(/C=C/c4ccc(Nc5nc(Nc6ccc(S(=O)(=O)[O-])cc6S(=O)(=O)[O-])nc(N6CCOCC6)n5)cc4S(=O)(=O)[O-])c(S(=O)(=O)[O-])c3)nc(N3CCOCC3)n2)c(S(=O)(=O)[O-])c1. The highest BCUT2D eigenvalue weighted by Gasteiger charge is 2.23. The highest BCUT2D eigenvalue weighted by atomic mass is 32.2. The summed E-state index contributed by atoms with van der Waals surface area (Å²) < 4.78 is 230. The molecular weight excluding hydrogens is 1160 g/mol. The molecule has 0 amide bonds. The average molecular weight is 1200 g/mol. The third kappa shape index (κ3) is 14.1. The van der Waals surface area contributed by atoms with Crippen molar-refractivity contribution < 1.29 is 87.3 Å². The van der Waals surface area contributed by atoms with Crippen molar-refractivity contribution in [2.75, 3.05) is 83.7 Å². The van der Waals surface area contributed by atoms with Crippen molar-refractivity contribution in [2.45, 2.75) is 29.4 Å². The van der Waals surface area contributed by atoms with Crippen molar-refractivity contribution in [1.29, 1.82) is 0 Å². The molecule has 38 heteroatoms. The number of hydrogen-bond acceptors (Lipinski definition) is 32. The minimum absolute atomic E-state index is 0.0738. The van der Waals surface area contributed by atoms with Crippen LogP contribution in [0.5, 0.6) is 0 Å². The number of ether oxygens (including phenoxy) is 2. The summed E-state index contributed by atoms with van der Waals surface area (Å²) in [4.78, 5) is 22.5. The normalized spacial score (nSPS) is 15.1. The molecule has 32 nitrogen and oxygen atoms in total. The molecule has 0 radical (unpaired) electrons. The van der Waals surface area contributed by atoms with Crippen LogP contribution in [-0.4, -0.2) is 160 Å². The van der Waals surface area contributed by atoms with Crippen LogP contribution in [0.1, 0.15) is 11.1 Å². The van der Waals surface area contributed by atoms with Crippen LogP contribution in [0.2, 0.25) is 0 Å². The first-order chi connectivity index (χ1) is 36.4. The van der Waals surface area contributed by atoms with E-state index in [1.165, 1.54) is 12.1 Å². The second kappa shape index (κ2) is 21.9. The van der Waals surface area contributed by atoms with Crippen LogP contribution in [0.15, 0.2) is 102 Å². The third-order valence-corrected chi connectivity index (χ3v) is 16.1. The molecule has 0 bridgehead atoms. The second-order valence-corrected chi connectivity index (χ2v) is 24.3. The van der Waals surface area contributed by atoms with Gasteiger partial charge in [-0.1, -0.05) is 24.3 Å². The van der Waals surface area contributed by atoms with Gasteiger partial charge in [-0.15, -0.1) is 0 Å². The molecule has 8 rings (SSSR count). The first kappa shape index (κ1) is 57.0. The molecule has 4 heterocycles. The standard InChI is InChI=1S/C40H40N12O20S6/c53-73(54,55)27-7-9-29(33(21-27)77(65,66)67)43-37-45-35(47-39(49-37)51-11-15-71-16-12-51)41-25-5-3-23(31(19-25)75(59,60)61)1-2-24-4-6-26(20-32(24)76(62,63)64)42-36-46-38(50-40(48-36)52-13-17-72-18-14-52)44-30-10-8-28(74(56,57)58)22-34(30)78(68,69)70/h1-10,19-22H,11-18H2,(H,53,54,55)(H,56,57,58)(H,59,60,61)(H,62,63,64)(H,65,66,67)(H,68,69,70)(H2,41,43,45,47,49)(H2,42,44,46,48,50)/p-6/b2-1+. The zero-order valence-corrected chi connectivity index (χ0v) is 43.8. The molecule has 2 aromatic heterocycles. The van der Waals surface area contributed by atoms with Gasteiger partial charge in [-0.25, -0.2) is 50.5 Å². The number of hydrogen-bond donors (Lipinski definition) is 4. The summed E-state index contributed by atoms with van der Waals surface area (Å²) in [6, 6.07) is 10.2. The van der Waals surface area contributed by atoms with Crippen LogP contribution < -0.4 is 31.1 Å². The molecule has 78 heavy (non-hydrogen) atoms. The number of rotatable bonds is 18. The lowest BCUT2D eigenvalue weighted by Gasteiger charge is -2.27. The van der Waals surface area contributed by atoms with Gasteiger partial charge < -0.3 is 67.9 Å². The maximum absolute atomic E-state index is 12.7. The molecule has 2 aliphatic rings. The predicted octanol–water partition coefficient (Wildman–Crippen LogP) is 0.299. The van der Waals surface area contributed by atoms with Gasteiger partial charge in [0.2, 0.25) is 35.7 Å². The summed E-state index contributed by atoms with van der Waals surface area (Å²) in [5.74, 6) is -1.79. The topological polar surface area (TPSA) is 494 Å². The molecule has 0 aliphatic carbocycles. The molecule has 0 atom stereocenters. The first-order valence-electron chi connectivity index (χ1n) is 21.6. The van der Waals surface area contributed by atoms with E-state index in [-0.39, 0.29) is 98.9 Å². The number of nitrogens with one attached hydrogen (secondary N) is 4. The van der Waals surface area contributed by atoms with E-state index in [0.29, 0.717) is 12.1 Å². The Balaban J connectivity index is 1.10. The van der Waals surface area contributed by atoms with Gasteiger partial charge in [0.1, 0.15) is 60.7 Å². The monoisotopic (exact) mass is 1190 g/mol. The molecule has 2 saturated heterocycles. The molecular formula is C40H34N12O20S6-6. The zero-order chi connectivity index (χ0) is 56.6. The maximum atomic E-state index is 12.7. The Kier molecular flexibility index (Phi) is 16.0. The fourth-order valence-corrected chi connectivity index (χ4v) is 11.2. The molecule has 416 valence electrons. The fourth-order valence-electron chi connectivity index (χ4n) is 7.31. The summed E-state index contributed by atoms with van der Waals surface area (Å²) in [6.45, 7) is 1.78. The van der Waals surface area contributed by atoms with Crippen LogP contribution in [0.4, 0.5) is 58.4 Å². The van der Waals surface area contributed by atoms with Crippen LogP contribution in [0.25, 0.3) is 12.2 Å². The van der Waals surface area contributed by atoms with E-state index in [0.717, 1.165) is 60.7 Å². The van der Waals surface area contributed by atoms with Crippen LogP contribution in [0.3, 0.4) is 0 Å². The van der Waals surface area contributed by atoms with Crippen LogP contribution in [0, 0.1) is 0 Å². The third-order valence-electron chi connectivity index (χ3n) is 10.9. The van der Waals surface area contributed by atoms with Crippen molar-refractivity contribution in [3.05, 3.63) is 83.9 Å². The van der Waals surface area contributed by atoms with Crippen molar-refractivity contribution >= 4 is 131 Å². The highest BCUT2D eigenvalue weighted by Crippen LogP contribution is 2.33. The van der Waals surface area contributed by atoms with E-state index in [1.54, 1.807) is 9.80 Å². The molecule has 2 fully saturated rings. The van der Waals surface area contributed by atoms with Crippen molar-refractivity contribution in [2.24, 2.45) is 0 Å². The van der Waals surface area contributed by atoms with Crippen molar-refractivity contribution in [3.8, 4) is 0 Å². The van der Waals surface area contributed by atoms with E-state index in [1.807, 2.05) is 0 Å². The average Bonchev–Trinajstić information content (AvgIpc) is 3.45. The minimum atomic E-state index is -5.44. The fraction of sp³-hybridized carbons (Fsp3) is 0.200. The lowest BCUT2D eigenvalue weighted by atomic mass is 10.1. The molecule has 2 aliphatic heterocycles. The van der Waals surface area contributed by atoms with Crippen LogP contribution in [-0.2, 0) is 70.2 Å². The molecule has 0 unspecified atom stereocenters. The van der Waals surface area contributed by atoms with Crippen LogP contribution >= 0.6 is 0 Å². The predicted molar refractivity (Wildman–Crippen MR) is 261 cm³/mol. The van der Waals surface area contributed by atoms with Gasteiger partial charge in [-0.05, 0) is 71.8 Å². The minimum Gasteiger partial charge on any atom is -0.744 e. The highest BCUT2D eigenvalue weighted by molar-refractivity contribution is 7.87. The Hall–Kier alpha value is -7.18. The molecule has 0 saturated carbocycles. The Labute approximate surface area is 443 Å². The second-order valence-electron chi connectivity index (χ2n) is 16.1. The lowest BCUT2D eigenvalue weighted by Crippen LogP contribution is -2.37. The molecule has 4 N–H and O–H groups in total. The molecule has 6 aromatic rings. The van der Waals surface area contributed by atoms with Gasteiger partial charge in [0.15, 0.2) is 0 Å². The van der Waals surface area contributed by atoms with Crippen molar-refractivity contribution in [3.63, 3.8) is 0 Å². The van der Waals surface area contributed by atoms with E-state index in [2.05, 4.69) is 51.2 Å². The number of morpholine rings is 2. The lowest BCUT2D eigenvalue weighted by molar-refractivity contribution is 0.122. The number of nitrogens with zero attached hydrogens (tertiary/aromatic N) is 8. The Morgan fingerprint density at radius 3 is 1.01 bits per heavy atom. The molecule has 0 spiro atoms. The summed E-state index contributed by atoms with van der Waals surface area (Å²) >= 11 is 0. The van der Waals surface area contributed by atoms with Gasteiger partial charge in [-0.3, -0.25) is 0 Å². The Bertz CT molecular complexity index is 3830.